The van der Waals surface area contributed by atoms with E-state index in [-0.39, 0.29) is 0 Å². The SMILES string of the molecule is CCN(C)c1ccccc1NCc1cccnc1C. The number of pyridine rings is 1. The summed E-state index contributed by atoms with van der Waals surface area (Å²) < 4.78 is 0. The Morgan fingerprint density at radius 2 is 1.95 bits per heavy atom. The van der Waals surface area contributed by atoms with Crippen molar-refractivity contribution < 1.29 is 0 Å². The number of aromatic nitrogens is 1. The summed E-state index contributed by atoms with van der Waals surface area (Å²) in [6, 6.07) is 12.5. The molecule has 19 heavy (non-hydrogen) atoms. The molecule has 100 valence electrons. The second-order valence-electron chi connectivity index (χ2n) is 4.63. The first-order valence-electron chi connectivity index (χ1n) is 6.67. The number of para-hydroxylation sites is 2. The number of anilines is 2. The molecule has 0 bridgehead atoms. The van der Waals surface area contributed by atoms with Crippen LogP contribution < -0.4 is 10.2 Å². The molecule has 2 rings (SSSR count). The molecular formula is C16H21N3. The largest absolute Gasteiger partial charge is 0.379 e. The van der Waals surface area contributed by atoms with Gasteiger partial charge in [0.15, 0.2) is 0 Å². The van der Waals surface area contributed by atoms with Gasteiger partial charge in [-0.3, -0.25) is 4.98 Å². The standard InChI is InChI=1S/C16H21N3/c1-4-19(3)16-10-6-5-9-15(16)18-12-14-8-7-11-17-13(14)2/h5-11,18H,4,12H2,1-3H3. The predicted octanol–water partition coefficient (Wildman–Crippen LogP) is 3.46. The van der Waals surface area contributed by atoms with Gasteiger partial charge in [-0.25, -0.2) is 0 Å². The average Bonchev–Trinajstić information content (AvgIpc) is 2.46. The highest BCUT2D eigenvalue weighted by Crippen LogP contribution is 2.25. The van der Waals surface area contributed by atoms with E-state index in [2.05, 4.69) is 59.5 Å². The molecule has 1 heterocycles. The Kier molecular flexibility index (Phi) is 4.39. The van der Waals surface area contributed by atoms with Crippen LogP contribution in [0.4, 0.5) is 11.4 Å². The zero-order valence-corrected chi connectivity index (χ0v) is 11.9. The lowest BCUT2D eigenvalue weighted by molar-refractivity contribution is 0.964. The Bertz CT molecular complexity index is 537. The third kappa shape index (κ3) is 3.25. The van der Waals surface area contributed by atoms with Gasteiger partial charge in [0.1, 0.15) is 0 Å². The zero-order valence-electron chi connectivity index (χ0n) is 11.9. The number of benzene rings is 1. The van der Waals surface area contributed by atoms with E-state index in [4.69, 9.17) is 0 Å². The van der Waals surface area contributed by atoms with Crippen molar-refractivity contribution in [3.8, 4) is 0 Å². The normalized spacial score (nSPS) is 10.3. The summed E-state index contributed by atoms with van der Waals surface area (Å²) in [4.78, 5) is 6.55. The fraction of sp³-hybridized carbons (Fsp3) is 0.312. The lowest BCUT2D eigenvalue weighted by Gasteiger charge is -2.21. The fourth-order valence-electron chi connectivity index (χ4n) is 2.02. The quantitative estimate of drug-likeness (QED) is 0.887. The van der Waals surface area contributed by atoms with Gasteiger partial charge in [0.25, 0.3) is 0 Å². The summed E-state index contributed by atoms with van der Waals surface area (Å²) in [5.74, 6) is 0. The summed E-state index contributed by atoms with van der Waals surface area (Å²) in [7, 11) is 2.11. The lowest BCUT2D eigenvalue weighted by Crippen LogP contribution is -2.17. The van der Waals surface area contributed by atoms with E-state index in [0.29, 0.717) is 0 Å². The third-order valence-electron chi connectivity index (χ3n) is 3.38. The van der Waals surface area contributed by atoms with E-state index in [9.17, 15) is 0 Å². The van der Waals surface area contributed by atoms with E-state index in [1.165, 1.54) is 11.3 Å². The van der Waals surface area contributed by atoms with Crippen LogP contribution in [0.15, 0.2) is 42.6 Å². The molecule has 2 aromatic rings. The van der Waals surface area contributed by atoms with Crippen LogP contribution in [0, 0.1) is 6.92 Å². The van der Waals surface area contributed by atoms with Crippen molar-refractivity contribution in [1.82, 2.24) is 4.98 Å². The topological polar surface area (TPSA) is 28.2 Å². The third-order valence-corrected chi connectivity index (χ3v) is 3.38. The van der Waals surface area contributed by atoms with Crippen molar-refractivity contribution in [2.45, 2.75) is 20.4 Å². The summed E-state index contributed by atoms with van der Waals surface area (Å²) in [5.41, 5.74) is 4.70. The Hall–Kier alpha value is -2.03. The molecule has 1 N–H and O–H groups in total. The van der Waals surface area contributed by atoms with Crippen LogP contribution in [0.1, 0.15) is 18.2 Å². The van der Waals surface area contributed by atoms with Gasteiger partial charge in [-0.1, -0.05) is 18.2 Å². The van der Waals surface area contributed by atoms with Crippen LogP contribution in [-0.4, -0.2) is 18.6 Å². The minimum atomic E-state index is 0.800. The van der Waals surface area contributed by atoms with Crippen molar-refractivity contribution in [3.63, 3.8) is 0 Å². The lowest BCUT2D eigenvalue weighted by atomic mass is 10.2. The highest BCUT2D eigenvalue weighted by atomic mass is 15.1. The van der Waals surface area contributed by atoms with Gasteiger partial charge in [0.2, 0.25) is 0 Å². The van der Waals surface area contributed by atoms with Gasteiger partial charge < -0.3 is 10.2 Å². The number of hydrogen-bond donors (Lipinski definition) is 1. The Morgan fingerprint density at radius 3 is 2.68 bits per heavy atom. The van der Waals surface area contributed by atoms with E-state index < -0.39 is 0 Å². The van der Waals surface area contributed by atoms with Gasteiger partial charge in [0.05, 0.1) is 11.4 Å². The molecule has 0 atom stereocenters. The first kappa shape index (κ1) is 13.4. The number of hydrogen-bond acceptors (Lipinski definition) is 3. The second kappa shape index (κ2) is 6.23. The van der Waals surface area contributed by atoms with E-state index in [1.54, 1.807) is 0 Å². The summed E-state index contributed by atoms with van der Waals surface area (Å²) >= 11 is 0. The number of nitrogens with one attached hydrogen (secondary N) is 1. The van der Waals surface area contributed by atoms with Gasteiger partial charge >= 0.3 is 0 Å². The Labute approximate surface area is 115 Å². The molecule has 0 fully saturated rings. The van der Waals surface area contributed by atoms with Crippen molar-refractivity contribution in [2.75, 3.05) is 23.8 Å². The molecular weight excluding hydrogens is 234 g/mol. The summed E-state index contributed by atoms with van der Waals surface area (Å²) in [6.45, 7) is 5.99. The molecule has 0 aliphatic carbocycles. The molecule has 0 saturated heterocycles. The highest BCUT2D eigenvalue weighted by molar-refractivity contribution is 5.69. The molecule has 0 unspecified atom stereocenters. The predicted molar refractivity (Wildman–Crippen MR) is 81.7 cm³/mol. The molecule has 0 amide bonds. The minimum Gasteiger partial charge on any atom is -0.379 e. The fourth-order valence-corrected chi connectivity index (χ4v) is 2.02. The number of rotatable bonds is 5. The van der Waals surface area contributed by atoms with Crippen LogP contribution >= 0.6 is 0 Å². The first-order chi connectivity index (χ1) is 9.22. The molecule has 0 aliphatic heterocycles. The van der Waals surface area contributed by atoms with E-state index in [1.807, 2.05) is 19.2 Å². The van der Waals surface area contributed by atoms with Gasteiger partial charge in [-0.05, 0) is 37.6 Å². The van der Waals surface area contributed by atoms with Gasteiger partial charge in [0, 0.05) is 32.0 Å². The van der Waals surface area contributed by atoms with Crippen LogP contribution in [-0.2, 0) is 6.54 Å². The Morgan fingerprint density at radius 1 is 1.16 bits per heavy atom. The number of aryl methyl sites for hydroxylation is 1. The van der Waals surface area contributed by atoms with E-state index in [0.717, 1.165) is 24.5 Å². The van der Waals surface area contributed by atoms with Gasteiger partial charge in [-0.2, -0.15) is 0 Å². The Balaban J connectivity index is 2.14. The molecule has 0 saturated carbocycles. The van der Waals surface area contributed by atoms with Crippen molar-refractivity contribution in [1.29, 1.82) is 0 Å². The minimum absolute atomic E-state index is 0.800. The van der Waals surface area contributed by atoms with Crippen molar-refractivity contribution in [2.24, 2.45) is 0 Å². The zero-order chi connectivity index (χ0) is 13.7. The molecule has 1 aromatic heterocycles. The van der Waals surface area contributed by atoms with Crippen LogP contribution in [0.3, 0.4) is 0 Å². The summed E-state index contributed by atoms with van der Waals surface area (Å²) in [6.07, 6.45) is 1.83. The monoisotopic (exact) mass is 255 g/mol. The smallest absolute Gasteiger partial charge is 0.0599 e. The van der Waals surface area contributed by atoms with Crippen LogP contribution in [0.25, 0.3) is 0 Å². The average molecular weight is 255 g/mol. The highest BCUT2D eigenvalue weighted by Gasteiger charge is 2.05. The molecule has 3 heteroatoms. The molecule has 1 aromatic carbocycles. The first-order valence-corrected chi connectivity index (χ1v) is 6.67. The van der Waals surface area contributed by atoms with Crippen LogP contribution in [0.5, 0.6) is 0 Å². The van der Waals surface area contributed by atoms with Gasteiger partial charge in [-0.15, -0.1) is 0 Å². The maximum absolute atomic E-state index is 4.31. The summed E-state index contributed by atoms with van der Waals surface area (Å²) in [5, 5.41) is 3.50. The number of nitrogens with zero attached hydrogens (tertiary/aromatic N) is 2. The van der Waals surface area contributed by atoms with Crippen molar-refractivity contribution in [3.05, 3.63) is 53.9 Å². The van der Waals surface area contributed by atoms with Crippen molar-refractivity contribution >= 4 is 11.4 Å². The molecule has 0 aliphatic rings. The van der Waals surface area contributed by atoms with Crippen LogP contribution in [0.2, 0.25) is 0 Å². The molecule has 0 spiro atoms. The maximum atomic E-state index is 4.31. The van der Waals surface area contributed by atoms with E-state index >= 15 is 0 Å². The second-order valence-corrected chi connectivity index (χ2v) is 4.63. The maximum Gasteiger partial charge on any atom is 0.0599 e. The molecule has 3 nitrogen and oxygen atoms in total. The molecule has 0 radical (unpaired) electrons.